The molecular formula is C29H35NO8. The number of carboxylic acids is 2. The Kier molecular flexibility index (Phi) is 8.50. The van der Waals surface area contributed by atoms with Gasteiger partial charge in [0.15, 0.2) is 18.0 Å². The van der Waals surface area contributed by atoms with E-state index in [1.807, 2.05) is 36.4 Å². The first-order valence-electron chi connectivity index (χ1n) is 13.1. The van der Waals surface area contributed by atoms with Crippen LogP contribution in [0.4, 0.5) is 0 Å². The fraction of sp³-hybridized carbons (Fsp3) is 0.483. The van der Waals surface area contributed by atoms with Gasteiger partial charge in [0.2, 0.25) is 0 Å². The summed E-state index contributed by atoms with van der Waals surface area (Å²) in [7, 11) is 0. The van der Waals surface area contributed by atoms with E-state index in [4.69, 9.17) is 20.4 Å². The van der Waals surface area contributed by atoms with Gasteiger partial charge < -0.3 is 25.5 Å². The summed E-state index contributed by atoms with van der Waals surface area (Å²) < 4.78 is 0. The van der Waals surface area contributed by atoms with E-state index in [0.717, 1.165) is 31.5 Å². The van der Waals surface area contributed by atoms with Crippen LogP contribution in [0.3, 0.4) is 0 Å². The zero-order valence-corrected chi connectivity index (χ0v) is 21.2. The van der Waals surface area contributed by atoms with E-state index in [-0.39, 0.29) is 11.2 Å². The second-order valence-electron chi connectivity index (χ2n) is 10.5. The highest BCUT2D eigenvalue weighted by Gasteiger charge is 2.53. The predicted molar refractivity (Wildman–Crippen MR) is 138 cm³/mol. The van der Waals surface area contributed by atoms with Crippen LogP contribution in [0.5, 0.6) is 5.75 Å². The maximum atomic E-state index is 12.6. The predicted octanol–water partition coefficient (Wildman–Crippen LogP) is 2.60. The number of rotatable bonds is 7. The molecule has 0 unspecified atom stereocenters. The topological polar surface area (TPSA) is 156 Å². The van der Waals surface area contributed by atoms with Gasteiger partial charge in [-0.1, -0.05) is 49.2 Å². The Morgan fingerprint density at radius 1 is 0.947 bits per heavy atom. The van der Waals surface area contributed by atoms with Crippen LogP contribution in [0.15, 0.2) is 48.5 Å². The second kappa shape index (κ2) is 11.6. The van der Waals surface area contributed by atoms with Gasteiger partial charge in [0.25, 0.3) is 0 Å². The first-order valence-corrected chi connectivity index (χ1v) is 13.1. The summed E-state index contributed by atoms with van der Waals surface area (Å²) in [6.07, 6.45) is 3.42. The zero-order chi connectivity index (χ0) is 27.4. The third-order valence-electron chi connectivity index (χ3n) is 8.46. The highest BCUT2D eigenvalue weighted by atomic mass is 16.4. The number of phenols is 1. The van der Waals surface area contributed by atoms with Crippen LogP contribution >= 0.6 is 0 Å². The molecule has 0 radical (unpaired) electrons. The molecule has 0 aromatic heterocycles. The molecule has 2 bridgehead atoms. The van der Waals surface area contributed by atoms with Crippen molar-refractivity contribution in [3.63, 3.8) is 0 Å². The van der Waals surface area contributed by atoms with Crippen LogP contribution in [0.1, 0.15) is 60.0 Å². The number of hydrogen-bond acceptors (Lipinski definition) is 7. The lowest BCUT2D eigenvalue weighted by atomic mass is 9.52. The number of aromatic hydroxyl groups is 1. The Hall–Kier alpha value is -3.27. The summed E-state index contributed by atoms with van der Waals surface area (Å²) in [6, 6.07) is 16.3. The van der Waals surface area contributed by atoms with Crippen molar-refractivity contribution >= 4 is 17.7 Å². The molecule has 0 amide bonds. The lowest BCUT2D eigenvalue weighted by Gasteiger charge is -2.59. The number of fused-ring (bicyclic) bond motifs is 1. The number of carbonyl (C=O) groups is 3. The molecule has 5 rings (SSSR count). The van der Waals surface area contributed by atoms with Crippen molar-refractivity contribution < 1.29 is 39.9 Å². The Labute approximate surface area is 221 Å². The van der Waals surface area contributed by atoms with E-state index in [1.165, 1.54) is 36.8 Å². The summed E-state index contributed by atoms with van der Waals surface area (Å²) in [6.45, 7) is 1.93. The highest BCUT2D eigenvalue weighted by Crippen LogP contribution is 2.56. The molecule has 1 heterocycles. The van der Waals surface area contributed by atoms with E-state index in [2.05, 4.69) is 17.0 Å². The quantitative estimate of drug-likeness (QED) is 0.343. The molecule has 38 heavy (non-hydrogen) atoms. The number of likely N-dealkylation sites (tertiary alicyclic amines) is 1. The van der Waals surface area contributed by atoms with Gasteiger partial charge in [-0.25, -0.2) is 9.59 Å². The molecule has 9 nitrogen and oxygen atoms in total. The molecule has 204 valence electrons. The van der Waals surface area contributed by atoms with Crippen molar-refractivity contribution in [1.82, 2.24) is 4.90 Å². The number of piperidine rings is 1. The molecule has 0 spiro atoms. The summed E-state index contributed by atoms with van der Waals surface area (Å²) in [5.74, 6) is -2.21. The molecule has 9 heteroatoms. The normalized spacial score (nSPS) is 25.5. The molecule has 1 aliphatic heterocycles. The van der Waals surface area contributed by atoms with Crippen molar-refractivity contribution in [3.8, 4) is 5.75 Å². The summed E-state index contributed by atoms with van der Waals surface area (Å²) in [5.41, 5.74) is 3.92. The number of aliphatic hydroxyl groups is 2. The van der Waals surface area contributed by atoms with E-state index >= 15 is 0 Å². The molecule has 2 fully saturated rings. The van der Waals surface area contributed by atoms with Crippen LogP contribution in [-0.4, -0.2) is 79.5 Å². The minimum absolute atomic E-state index is 0.245. The lowest BCUT2D eigenvalue weighted by molar-refractivity contribution is -0.165. The maximum absolute atomic E-state index is 12.6. The van der Waals surface area contributed by atoms with Crippen molar-refractivity contribution in [1.29, 1.82) is 0 Å². The van der Waals surface area contributed by atoms with Crippen LogP contribution in [0.25, 0.3) is 0 Å². The van der Waals surface area contributed by atoms with Gasteiger partial charge in [-0.05, 0) is 61.4 Å². The minimum Gasteiger partial charge on any atom is -0.508 e. The van der Waals surface area contributed by atoms with Gasteiger partial charge in [0.05, 0.1) is 0 Å². The van der Waals surface area contributed by atoms with Crippen molar-refractivity contribution in [2.45, 2.75) is 68.6 Å². The fourth-order valence-corrected chi connectivity index (χ4v) is 6.63. The number of hydrogen-bond donors (Lipinski definition) is 5. The van der Waals surface area contributed by atoms with Crippen LogP contribution in [0, 0.1) is 5.92 Å². The third-order valence-corrected chi connectivity index (χ3v) is 8.46. The molecule has 1 saturated heterocycles. The standard InChI is InChI=1S/C25H29NO2.C4H6O6/c27-20-10-9-19-16-23-21-8-4-5-12-25(21,22(19)17-20)13-15-26(23)14-11-24(28)18-6-2-1-3-7-18;5-1(3(7)8)2(6)4(9)10/h1-3,6-7,9-10,17,21,23,27H,4-5,8,11-16H2;1-2,5-6H,(H,7,8)(H,9,10)/t21-,23-,25+;1-,2-/m01/s1. The van der Waals surface area contributed by atoms with Gasteiger partial charge in [-0.3, -0.25) is 9.69 Å². The van der Waals surface area contributed by atoms with Gasteiger partial charge >= 0.3 is 11.9 Å². The number of nitrogens with zero attached hydrogens (tertiary/aromatic N) is 1. The summed E-state index contributed by atoms with van der Waals surface area (Å²) >= 11 is 0. The Bertz CT molecular complexity index is 1150. The van der Waals surface area contributed by atoms with Crippen LogP contribution in [0.2, 0.25) is 0 Å². The Morgan fingerprint density at radius 2 is 1.63 bits per heavy atom. The van der Waals surface area contributed by atoms with E-state index in [0.29, 0.717) is 24.1 Å². The number of carbonyl (C=O) groups excluding carboxylic acids is 1. The maximum Gasteiger partial charge on any atom is 0.335 e. The number of benzene rings is 2. The molecule has 3 aliphatic rings. The number of phenolic OH excluding ortho intramolecular Hbond substituents is 1. The molecule has 5 atom stereocenters. The Morgan fingerprint density at radius 3 is 2.29 bits per heavy atom. The average Bonchev–Trinajstić information content (AvgIpc) is 2.92. The number of aliphatic carboxylic acids is 2. The zero-order valence-electron chi connectivity index (χ0n) is 21.2. The molecular weight excluding hydrogens is 490 g/mol. The van der Waals surface area contributed by atoms with Crippen LogP contribution < -0.4 is 0 Å². The summed E-state index contributed by atoms with van der Waals surface area (Å²) in [5, 5.41) is 42.7. The number of aliphatic hydroxyl groups excluding tert-OH is 2. The monoisotopic (exact) mass is 525 g/mol. The minimum atomic E-state index is -2.27. The second-order valence-corrected chi connectivity index (χ2v) is 10.5. The van der Waals surface area contributed by atoms with Crippen molar-refractivity contribution in [3.05, 3.63) is 65.2 Å². The fourth-order valence-electron chi connectivity index (χ4n) is 6.63. The van der Waals surface area contributed by atoms with E-state index in [1.54, 1.807) is 0 Å². The highest BCUT2D eigenvalue weighted by molar-refractivity contribution is 5.96. The summed E-state index contributed by atoms with van der Waals surface area (Å²) in [4.78, 5) is 34.8. The van der Waals surface area contributed by atoms with E-state index in [9.17, 15) is 19.5 Å². The van der Waals surface area contributed by atoms with Crippen molar-refractivity contribution in [2.75, 3.05) is 13.1 Å². The van der Waals surface area contributed by atoms with Gasteiger partial charge in [0, 0.05) is 30.0 Å². The average molecular weight is 526 g/mol. The van der Waals surface area contributed by atoms with Gasteiger partial charge in [-0.15, -0.1) is 0 Å². The van der Waals surface area contributed by atoms with E-state index < -0.39 is 24.1 Å². The molecule has 2 aromatic rings. The van der Waals surface area contributed by atoms with Gasteiger partial charge in [0.1, 0.15) is 5.75 Å². The smallest absolute Gasteiger partial charge is 0.335 e. The lowest BCUT2D eigenvalue weighted by Crippen LogP contribution is -2.61. The number of ketones is 1. The van der Waals surface area contributed by atoms with Gasteiger partial charge in [-0.2, -0.15) is 0 Å². The number of Topliss-reactive ketones (excluding diaryl/α,β-unsaturated/α-hetero) is 1. The molecule has 5 N–H and O–H groups in total. The number of carboxylic acid groups (broad SMARTS) is 2. The first-order chi connectivity index (χ1) is 18.1. The van der Waals surface area contributed by atoms with Crippen molar-refractivity contribution in [2.24, 2.45) is 5.92 Å². The third kappa shape index (κ3) is 5.60. The largest absolute Gasteiger partial charge is 0.508 e. The molecule has 1 saturated carbocycles. The first kappa shape index (κ1) is 27.8. The molecule has 2 aliphatic carbocycles. The SMILES string of the molecule is O=C(CCN1CC[C@]23CCCC[C@H]2[C@@H]1Cc1ccc(O)cc13)c1ccccc1.O=C(O)[C@H](O)[C@@H](O)C(=O)O. The Balaban J connectivity index is 0.000000289. The molecule has 2 aromatic carbocycles. The van der Waals surface area contributed by atoms with Crippen LogP contribution in [-0.2, 0) is 21.4 Å².